The molecular weight excluding hydrogens is 412 g/mol. The summed E-state index contributed by atoms with van der Waals surface area (Å²) in [5, 5.41) is 14.7. The van der Waals surface area contributed by atoms with Gasteiger partial charge in [0.05, 0.1) is 19.2 Å². The van der Waals surface area contributed by atoms with Crippen LogP contribution in [0.3, 0.4) is 0 Å². The minimum Gasteiger partial charge on any atom is -0.495 e. The summed E-state index contributed by atoms with van der Waals surface area (Å²) in [6.07, 6.45) is -0.183. The Labute approximate surface area is 187 Å². The molecule has 4 amide bonds. The van der Waals surface area contributed by atoms with Crippen LogP contribution in [0.4, 0.5) is 21.0 Å². The number of anilines is 2. The number of rotatable bonds is 5. The van der Waals surface area contributed by atoms with E-state index in [4.69, 9.17) is 9.84 Å². The fourth-order valence-electron chi connectivity index (χ4n) is 3.58. The van der Waals surface area contributed by atoms with E-state index in [0.717, 1.165) is 11.1 Å². The van der Waals surface area contributed by atoms with Crippen molar-refractivity contribution in [3.63, 3.8) is 0 Å². The van der Waals surface area contributed by atoms with Crippen molar-refractivity contribution < 1.29 is 24.2 Å². The Morgan fingerprint density at radius 2 is 1.66 bits per heavy atom. The average Bonchev–Trinajstić information content (AvgIpc) is 3.03. The number of para-hydroxylation sites is 1. The van der Waals surface area contributed by atoms with Crippen LogP contribution in [-0.2, 0) is 11.2 Å². The molecule has 3 N–H and O–H groups in total. The molecule has 170 valence electrons. The molecule has 0 spiro atoms. The first-order chi connectivity index (χ1) is 15.4. The second-order valence-electron chi connectivity index (χ2n) is 7.61. The van der Waals surface area contributed by atoms with Gasteiger partial charge in [-0.15, -0.1) is 0 Å². The highest BCUT2D eigenvalue weighted by atomic mass is 16.5. The number of carboxylic acid groups (broad SMARTS) is 1. The summed E-state index contributed by atoms with van der Waals surface area (Å²) >= 11 is 0. The van der Waals surface area contributed by atoms with Crippen LogP contribution in [-0.4, -0.2) is 66.2 Å². The van der Waals surface area contributed by atoms with Gasteiger partial charge in [0.15, 0.2) is 0 Å². The Balaban J connectivity index is 1.62. The number of nitrogens with zero attached hydrogens (tertiary/aromatic N) is 2. The fourth-order valence-corrected chi connectivity index (χ4v) is 3.58. The molecule has 0 saturated carbocycles. The highest BCUT2D eigenvalue weighted by Gasteiger charge is 2.22. The predicted molar refractivity (Wildman–Crippen MR) is 121 cm³/mol. The Hall–Kier alpha value is -3.75. The lowest BCUT2D eigenvalue weighted by atomic mass is 10.1. The largest absolute Gasteiger partial charge is 0.495 e. The lowest BCUT2D eigenvalue weighted by Gasteiger charge is -2.21. The van der Waals surface area contributed by atoms with E-state index in [1.807, 2.05) is 31.2 Å². The molecule has 1 aliphatic rings. The number of aryl methyl sites for hydroxylation is 1. The van der Waals surface area contributed by atoms with Gasteiger partial charge in [-0.2, -0.15) is 0 Å². The number of amides is 4. The zero-order chi connectivity index (χ0) is 23.1. The van der Waals surface area contributed by atoms with Gasteiger partial charge in [0.25, 0.3) is 0 Å². The lowest BCUT2D eigenvalue weighted by Crippen LogP contribution is -2.37. The molecule has 0 bridgehead atoms. The van der Waals surface area contributed by atoms with Gasteiger partial charge in [-0.25, -0.2) is 9.59 Å². The second kappa shape index (κ2) is 10.5. The van der Waals surface area contributed by atoms with Crippen LogP contribution in [0.2, 0.25) is 0 Å². The van der Waals surface area contributed by atoms with Gasteiger partial charge in [0, 0.05) is 31.9 Å². The van der Waals surface area contributed by atoms with Crippen LogP contribution in [0.5, 0.6) is 5.75 Å². The van der Waals surface area contributed by atoms with Gasteiger partial charge >= 0.3 is 12.1 Å². The molecule has 2 aromatic carbocycles. The van der Waals surface area contributed by atoms with E-state index in [0.29, 0.717) is 49.7 Å². The fraction of sp³-hybridized carbons (Fsp3) is 0.348. The summed E-state index contributed by atoms with van der Waals surface area (Å²) in [5.74, 6) is 0.375. The van der Waals surface area contributed by atoms with Crippen LogP contribution in [0, 0.1) is 6.92 Å². The number of benzene rings is 2. The third-order valence-electron chi connectivity index (χ3n) is 5.38. The number of hydrogen-bond acceptors (Lipinski definition) is 4. The Bertz CT molecular complexity index is 994. The molecule has 0 unspecified atom stereocenters. The number of urea groups is 1. The first-order valence-electron chi connectivity index (χ1n) is 10.4. The van der Waals surface area contributed by atoms with Crippen molar-refractivity contribution in [1.29, 1.82) is 0 Å². The van der Waals surface area contributed by atoms with E-state index < -0.39 is 12.1 Å². The molecule has 32 heavy (non-hydrogen) atoms. The zero-order valence-electron chi connectivity index (χ0n) is 18.3. The zero-order valence-corrected chi connectivity index (χ0v) is 18.3. The molecule has 0 aromatic heterocycles. The topological polar surface area (TPSA) is 111 Å². The van der Waals surface area contributed by atoms with Crippen molar-refractivity contribution in [3.8, 4) is 5.75 Å². The van der Waals surface area contributed by atoms with E-state index in [-0.39, 0.29) is 12.3 Å². The van der Waals surface area contributed by atoms with E-state index in [1.54, 1.807) is 23.1 Å². The van der Waals surface area contributed by atoms with Gasteiger partial charge in [0.2, 0.25) is 5.91 Å². The number of carbonyl (C=O) groups excluding carboxylic acids is 2. The van der Waals surface area contributed by atoms with Crippen molar-refractivity contribution in [2.45, 2.75) is 19.8 Å². The monoisotopic (exact) mass is 440 g/mol. The number of methoxy groups -OCH3 is 1. The minimum atomic E-state index is -0.960. The number of ether oxygens (including phenoxy) is 1. The van der Waals surface area contributed by atoms with Crippen molar-refractivity contribution in [1.82, 2.24) is 9.80 Å². The Kier molecular flexibility index (Phi) is 7.54. The third-order valence-corrected chi connectivity index (χ3v) is 5.38. The van der Waals surface area contributed by atoms with Crippen molar-refractivity contribution >= 4 is 29.4 Å². The number of hydrogen-bond donors (Lipinski definition) is 3. The molecule has 1 saturated heterocycles. The predicted octanol–water partition coefficient (Wildman–Crippen LogP) is 3.40. The molecule has 1 aliphatic heterocycles. The van der Waals surface area contributed by atoms with Gasteiger partial charge in [-0.1, -0.05) is 24.3 Å². The minimum absolute atomic E-state index is 0.0719. The molecule has 9 nitrogen and oxygen atoms in total. The normalized spacial score (nSPS) is 13.8. The third kappa shape index (κ3) is 5.90. The summed E-state index contributed by atoms with van der Waals surface area (Å²) < 4.78 is 5.41. The van der Waals surface area contributed by atoms with Crippen LogP contribution < -0.4 is 15.4 Å². The van der Waals surface area contributed by atoms with E-state index in [9.17, 15) is 14.4 Å². The SMILES string of the molecule is COc1cc(CC(=O)N2CCCN(C(=O)O)CC2)ccc1NC(=O)Nc1ccccc1C. The van der Waals surface area contributed by atoms with Crippen molar-refractivity contribution in [2.24, 2.45) is 0 Å². The standard InChI is InChI=1S/C23H28N4O5/c1-16-6-3-4-7-18(16)24-22(29)25-19-9-8-17(14-20(19)32-2)15-21(28)26-10-5-11-27(13-12-26)23(30)31/h3-4,6-9,14H,5,10-13,15H2,1-2H3,(H,30,31)(H2,24,25,29). The molecule has 0 atom stereocenters. The maximum atomic E-state index is 12.7. The molecule has 0 radical (unpaired) electrons. The van der Waals surface area contributed by atoms with Crippen LogP contribution in [0.1, 0.15) is 17.5 Å². The summed E-state index contributed by atoms with van der Waals surface area (Å²) in [6, 6.07) is 12.3. The summed E-state index contributed by atoms with van der Waals surface area (Å²) in [5.41, 5.74) is 2.89. The van der Waals surface area contributed by atoms with Crippen LogP contribution in [0.25, 0.3) is 0 Å². The first kappa shape index (κ1) is 22.9. The van der Waals surface area contributed by atoms with Crippen LogP contribution in [0.15, 0.2) is 42.5 Å². The molecule has 2 aromatic rings. The summed E-state index contributed by atoms with van der Waals surface area (Å²) in [7, 11) is 1.50. The maximum Gasteiger partial charge on any atom is 0.407 e. The smallest absolute Gasteiger partial charge is 0.407 e. The lowest BCUT2D eigenvalue weighted by molar-refractivity contribution is -0.130. The van der Waals surface area contributed by atoms with E-state index in [1.165, 1.54) is 12.0 Å². The van der Waals surface area contributed by atoms with Crippen molar-refractivity contribution in [3.05, 3.63) is 53.6 Å². The highest BCUT2D eigenvalue weighted by Crippen LogP contribution is 2.26. The van der Waals surface area contributed by atoms with Crippen LogP contribution >= 0.6 is 0 Å². The molecule has 3 rings (SSSR count). The summed E-state index contributed by atoms with van der Waals surface area (Å²) in [6.45, 7) is 3.55. The molecule has 9 heteroatoms. The second-order valence-corrected chi connectivity index (χ2v) is 7.61. The van der Waals surface area contributed by atoms with E-state index >= 15 is 0 Å². The van der Waals surface area contributed by atoms with Gasteiger partial charge < -0.3 is 30.3 Å². The summed E-state index contributed by atoms with van der Waals surface area (Å²) in [4.78, 5) is 39.3. The van der Waals surface area contributed by atoms with Gasteiger partial charge in [0.1, 0.15) is 5.75 Å². The molecule has 1 heterocycles. The number of nitrogens with one attached hydrogen (secondary N) is 2. The molecule has 0 aliphatic carbocycles. The number of carbonyl (C=O) groups is 3. The Morgan fingerprint density at radius 3 is 2.38 bits per heavy atom. The van der Waals surface area contributed by atoms with Gasteiger partial charge in [-0.3, -0.25) is 4.79 Å². The Morgan fingerprint density at radius 1 is 0.969 bits per heavy atom. The van der Waals surface area contributed by atoms with E-state index in [2.05, 4.69) is 10.6 Å². The first-order valence-corrected chi connectivity index (χ1v) is 10.4. The maximum absolute atomic E-state index is 12.7. The van der Waals surface area contributed by atoms with Gasteiger partial charge in [-0.05, 0) is 42.7 Å². The van der Waals surface area contributed by atoms with Crippen molar-refractivity contribution in [2.75, 3.05) is 43.9 Å². The quantitative estimate of drug-likeness (QED) is 0.660. The highest BCUT2D eigenvalue weighted by molar-refractivity contribution is 6.01. The average molecular weight is 441 g/mol. The molecular formula is C23H28N4O5. The molecule has 1 fully saturated rings.